The zero-order chi connectivity index (χ0) is 15.4. The summed E-state index contributed by atoms with van der Waals surface area (Å²) in [6.07, 6.45) is 5.75. The van der Waals surface area contributed by atoms with E-state index in [1.54, 1.807) is 0 Å². The first kappa shape index (κ1) is 15.7. The molecule has 0 radical (unpaired) electrons. The molecule has 0 spiro atoms. The number of hydrogen-bond acceptors (Lipinski definition) is 4. The maximum Gasteiger partial charge on any atom is 0.222 e. The van der Waals surface area contributed by atoms with E-state index in [9.17, 15) is 9.59 Å². The molecule has 0 atom stereocenters. The summed E-state index contributed by atoms with van der Waals surface area (Å²) in [6, 6.07) is 3.80. The molecule has 1 saturated heterocycles. The largest absolute Gasteiger partial charge is 0.340 e. The molecule has 2 heterocycles. The smallest absolute Gasteiger partial charge is 0.222 e. The van der Waals surface area contributed by atoms with Crippen LogP contribution in [0.4, 0.5) is 0 Å². The highest BCUT2D eigenvalue weighted by Crippen LogP contribution is 2.28. The number of thiophene rings is 1. The van der Waals surface area contributed by atoms with Crippen LogP contribution in [0.25, 0.3) is 0 Å². The number of carbonyl (C=O) groups is 2. The highest BCUT2D eigenvalue weighted by atomic mass is 32.1. The van der Waals surface area contributed by atoms with Gasteiger partial charge in [0.25, 0.3) is 0 Å². The van der Waals surface area contributed by atoms with Crippen LogP contribution in [-0.4, -0.2) is 54.2 Å². The van der Waals surface area contributed by atoms with Gasteiger partial charge < -0.3 is 4.90 Å². The zero-order valence-corrected chi connectivity index (χ0v) is 13.8. The molecule has 4 nitrogen and oxygen atoms in total. The van der Waals surface area contributed by atoms with E-state index in [2.05, 4.69) is 4.90 Å². The van der Waals surface area contributed by atoms with Crippen molar-refractivity contribution in [3.8, 4) is 0 Å². The number of Topliss-reactive ketones (excluding diaryl/α,β-unsaturated/α-hetero) is 1. The van der Waals surface area contributed by atoms with E-state index >= 15 is 0 Å². The van der Waals surface area contributed by atoms with E-state index in [0.717, 1.165) is 37.5 Å². The Morgan fingerprint density at radius 1 is 1.14 bits per heavy atom. The second-order valence-electron chi connectivity index (χ2n) is 6.41. The number of nitrogens with zero attached hydrogens (tertiary/aromatic N) is 2. The number of piperazine rings is 1. The minimum Gasteiger partial charge on any atom is -0.340 e. The van der Waals surface area contributed by atoms with E-state index in [-0.39, 0.29) is 5.78 Å². The molecule has 0 N–H and O–H groups in total. The van der Waals surface area contributed by atoms with Crippen LogP contribution >= 0.6 is 11.3 Å². The lowest BCUT2D eigenvalue weighted by atomic mass is 10.0. The molecule has 1 amide bonds. The monoisotopic (exact) mass is 320 g/mol. The highest BCUT2D eigenvalue weighted by Gasteiger charge is 2.25. The van der Waals surface area contributed by atoms with Crippen LogP contribution in [-0.2, 0) is 4.79 Å². The zero-order valence-electron chi connectivity index (χ0n) is 13.0. The van der Waals surface area contributed by atoms with Gasteiger partial charge in [0.2, 0.25) is 5.91 Å². The van der Waals surface area contributed by atoms with Gasteiger partial charge in [-0.05, 0) is 30.2 Å². The van der Waals surface area contributed by atoms with Gasteiger partial charge in [-0.25, -0.2) is 0 Å². The van der Waals surface area contributed by atoms with Gasteiger partial charge in [-0.2, -0.15) is 0 Å². The van der Waals surface area contributed by atoms with Gasteiger partial charge in [0.1, 0.15) is 0 Å². The fourth-order valence-electron chi connectivity index (χ4n) is 3.46. The standard InChI is InChI=1S/C17H24N2O2S/c20-15(16-6-3-11-22-16)13-18-7-9-19(10-8-18)17(21)12-14-4-1-2-5-14/h3,6,11,14H,1-2,4-5,7-10,12-13H2. The topological polar surface area (TPSA) is 40.6 Å². The summed E-state index contributed by atoms with van der Waals surface area (Å²) >= 11 is 1.50. The molecule has 0 aromatic carbocycles. The van der Waals surface area contributed by atoms with E-state index in [0.29, 0.717) is 18.4 Å². The van der Waals surface area contributed by atoms with Crippen LogP contribution in [0.5, 0.6) is 0 Å². The van der Waals surface area contributed by atoms with Crippen LogP contribution in [0.2, 0.25) is 0 Å². The van der Waals surface area contributed by atoms with Crippen molar-refractivity contribution in [2.75, 3.05) is 32.7 Å². The third-order valence-electron chi connectivity index (χ3n) is 4.83. The third-order valence-corrected chi connectivity index (χ3v) is 5.74. The van der Waals surface area contributed by atoms with Crippen molar-refractivity contribution >= 4 is 23.0 Å². The molecule has 0 unspecified atom stereocenters. The summed E-state index contributed by atoms with van der Waals surface area (Å²) in [6.45, 7) is 3.64. The molecule has 0 bridgehead atoms. The van der Waals surface area contributed by atoms with Gasteiger partial charge in [-0.1, -0.05) is 18.9 Å². The summed E-state index contributed by atoms with van der Waals surface area (Å²) in [5.74, 6) is 1.13. The molecule has 2 aliphatic rings. The Balaban J connectivity index is 1.42. The van der Waals surface area contributed by atoms with Crippen molar-refractivity contribution in [3.05, 3.63) is 22.4 Å². The average Bonchev–Trinajstić information content (AvgIpc) is 3.21. The Morgan fingerprint density at radius 3 is 2.50 bits per heavy atom. The maximum absolute atomic E-state index is 12.3. The molecule has 3 rings (SSSR count). The Labute approximate surface area is 136 Å². The lowest BCUT2D eigenvalue weighted by molar-refractivity contribution is -0.133. The fraction of sp³-hybridized carbons (Fsp3) is 0.647. The number of carbonyl (C=O) groups excluding carboxylic acids is 2. The molecule has 1 aromatic rings. The molecule has 1 aliphatic carbocycles. The van der Waals surface area contributed by atoms with Crippen LogP contribution < -0.4 is 0 Å². The molecular formula is C17H24N2O2S. The van der Waals surface area contributed by atoms with Crippen molar-refractivity contribution in [3.63, 3.8) is 0 Å². The first-order valence-corrected chi connectivity index (χ1v) is 9.17. The Bertz CT molecular complexity index is 501. The molecule has 1 aromatic heterocycles. The van der Waals surface area contributed by atoms with Crippen molar-refractivity contribution < 1.29 is 9.59 Å². The molecule has 1 saturated carbocycles. The highest BCUT2D eigenvalue weighted by molar-refractivity contribution is 7.12. The first-order valence-electron chi connectivity index (χ1n) is 8.29. The molecule has 120 valence electrons. The molecule has 22 heavy (non-hydrogen) atoms. The Hall–Kier alpha value is -1.20. The van der Waals surface area contributed by atoms with Crippen molar-refractivity contribution in [1.82, 2.24) is 9.80 Å². The SMILES string of the molecule is O=C(CN1CCN(C(=O)CC2CCCC2)CC1)c1cccs1. The summed E-state index contributed by atoms with van der Waals surface area (Å²) in [5, 5.41) is 1.94. The van der Waals surface area contributed by atoms with Gasteiger partial charge in [-0.3, -0.25) is 14.5 Å². The van der Waals surface area contributed by atoms with Crippen molar-refractivity contribution in [2.45, 2.75) is 32.1 Å². The fourth-order valence-corrected chi connectivity index (χ4v) is 4.12. The quantitative estimate of drug-likeness (QED) is 0.783. The number of rotatable bonds is 5. The summed E-state index contributed by atoms with van der Waals surface area (Å²) in [5.41, 5.74) is 0. The summed E-state index contributed by atoms with van der Waals surface area (Å²) < 4.78 is 0. The van der Waals surface area contributed by atoms with E-state index in [4.69, 9.17) is 0 Å². The van der Waals surface area contributed by atoms with Gasteiger partial charge >= 0.3 is 0 Å². The van der Waals surface area contributed by atoms with Crippen LogP contribution in [0.3, 0.4) is 0 Å². The minimum absolute atomic E-state index is 0.195. The maximum atomic E-state index is 12.3. The van der Waals surface area contributed by atoms with E-state index in [1.165, 1.54) is 37.0 Å². The van der Waals surface area contributed by atoms with Crippen LogP contribution in [0.1, 0.15) is 41.8 Å². The van der Waals surface area contributed by atoms with E-state index < -0.39 is 0 Å². The lowest BCUT2D eigenvalue weighted by Crippen LogP contribution is -2.50. The Kier molecular flexibility index (Phi) is 5.26. The summed E-state index contributed by atoms with van der Waals surface area (Å²) in [7, 11) is 0. The molecule has 5 heteroatoms. The average molecular weight is 320 g/mol. The van der Waals surface area contributed by atoms with Crippen LogP contribution in [0.15, 0.2) is 17.5 Å². The lowest BCUT2D eigenvalue weighted by Gasteiger charge is -2.34. The van der Waals surface area contributed by atoms with Crippen molar-refractivity contribution in [1.29, 1.82) is 0 Å². The van der Waals surface area contributed by atoms with Gasteiger partial charge in [-0.15, -0.1) is 11.3 Å². The number of amides is 1. The number of ketones is 1. The van der Waals surface area contributed by atoms with Gasteiger partial charge in [0.05, 0.1) is 11.4 Å². The minimum atomic E-state index is 0.195. The normalized spacial score (nSPS) is 20.5. The molecule has 2 fully saturated rings. The van der Waals surface area contributed by atoms with Gasteiger partial charge in [0.15, 0.2) is 5.78 Å². The molecule has 1 aliphatic heterocycles. The predicted molar refractivity (Wildman–Crippen MR) is 88.2 cm³/mol. The first-order chi connectivity index (χ1) is 10.7. The second kappa shape index (κ2) is 7.38. The molecular weight excluding hydrogens is 296 g/mol. The Morgan fingerprint density at radius 2 is 1.86 bits per heavy atom. The van der Waals surface area contributed by atoms with Crippen molar-refractivity contribution in [2.24, 2.45) is 5.92 Å². The second-order valence-corrected chi connectivity index (χ2v) is 7.36. The van der Waals surface area contributed by atoms with E-state index in [1.807, 2.05) is 22.4 Å². The van der Waals surface area contributed by atoms with Crippen LogP contribution in [0, 0.1) is 5.92 Å². The third kappa shape index (κ3) is 3.96. The predicted octanol–water partition coefficient (Wildman–Crippen LogP) is 2.66. The number of hydrogen-bond donors (Lipinski definition) is 0. The summed E-state index contributed by atoms with van der Waals surface area (Å²) in [4.78, 5) is 29.4. The van der Waals surface area contributed by atoms with Gasteiger partial charge in [0, 0.05) is 32.6 Å².